The Hall–Kier alpha value is -2.50. The molecule has 0 saturated carbocycles. The second-order valence-corrected chi connectivity index (χ2v) is 6.15. The smallest absolute Gasteiger partial charge is 0.408 e. The number of benzene rings is 1. The maximum absolute atomic E-state index is 11.6. The predicted octanol–water partition coefficient (Wildman–Crippen LogP) is 3.18. The third kappa shape index (κ3) is 2.96. The van der Waals surface area contributed by atoms with Gasteiger partial charge < -0.3 is 14.4 Å². The number of imidazole rings is 1. The second-order valence-electron chi connectivity index (χ2n) is 6.15. The van der Waals surface area contributed by atoms with Gasteiger partial charge in [0, 0.05) is 19.5 Å². The van der Waals surface area contributed by atoms with E-state index in [-0.39, 0.29) is 12.6 Å². The minimum atomic E-state index is -0.922. The Kier molecular flexibility index (Phi) is 4.46. The third-order valence-electron chi connectivity index (χ3n) is 4.70. The van der Waals surface area contributed by atoms with Gasteiger partial charge in [0.05, 0.1) is 11.9 Å². The Morgan fingerprint density at radius 2 is 2.12 bits per heavy atom. The number of aromatic nitrogens is 2. The minimum absolute atomic E-state index is 0.281. The lowest BCUT2D eigenvalue weighted by Crippen LogP contribution is -2.43. The van der Waals surface area contributed by atoms with Crippen molar-refractivity contribution in [2.75, 3.05) is 13.2 Å². The number of hydrogen-bond acceptors (Lipinski definition) is 3. The van der Waals surface area contributed by atoms with Crippen LogP contribution in [0.4, 0.5) is 4.79 Å². The number of rotatable bonds is 4. The molecule has 3 rings (SSSR count). The summed E-state index contributed by atoms with van der Waals surface area (Å²) in [4.78, 5) is 17.5. The number of aryl methyl sites for hydroxylation is 3. The zero-order valence-corrected chi connectivity index (χ0v) is 14.3. The van der Waals surface area contributed by atoms with Crippen molar-refractivity contribution in [1.29, 1.82) is 0 Å². The van der Waals surface area contributed by atoms with Crippen molar-refractivity contribution in [1.82, 2.24) is 14.5 Å². The van der Waals surface area contributed by atoms with Crippen LogP contribution in [0.5, 0.6) is 5.75 Å². The lowest BCUT2D eigenvalue weighted by molar-refractivity contribution is 0.0866. The molecule has 1 atom stereocenters. The average molecular weight is 329 g/mol. The Morgan fingerprint density at radius 1 is 1.33 bits per heavy atom. The molecule has 24 heavy (non-hydrogen) atoms. The summed E-state index contributed by atoms with van der Waals surface area (Å²) >= 11 is 0. The van der Waals surface area contributed by atoms with Crippen molar-refractivity contribution in [3.8, 4) is 5.75 Å². The van der Waals surface area contributed by atoms with E-state index in [2.05, 4.69) is 23.4 Å². The fourth-order valence-corrected chi connectivity index (χ4v) is 3.14. The quantitative estimate of drug-likeness (QED) is 0.935. The molecule has 1 aromatic carbocycles. The highest BCUT2D eigenvalue weighted by Gasteiger charge is 2.33. The van der Waals surface area contributed by atoms with Gasteiger partial charge in [-0.2, -0.15) is 0 Å². The number of nitrogens with zero attached hydrogens (tertiary/aromatic N) is 3. The molecule has 0 radical (unpaired) electrons. The molecule has 1 aliphatic rings. The largest absolute Gasteiger partial charge is 0.491 e. The van der Waals surface area contributed by atoms with E-state index in [4.69, 9.17) is 4.74 Å². The van der Waals surface area contributed by atoms with E-state index in [1.807, 2.05) is 25.1 Å². The average Bonchev–Trinajstić information content (AvgIpc) is 2.98. The van der Waals surface area contributed by atoms with Gasteiger partial charge in [0.1, 0.15) is 24.2 Å². The first-order valence-electron chi connectivity index (χ1n) is 8.25. The van der Waals surface area contributed by atoms with Gasteiger partial charge in [0.2, 0.25) is 0 Å². The SMILES string of the molecule is CCc1ncc2n1CCN(C(=O)O)C2COc1ccc(C)c(C)c1. The molecule has 6 nitrogen and oxygen atoms in total. The molecule has 1 aromatic heterocycles. The molecule has 0 aliphatic carbocycles. The highest BCUT2D eigenvalue weighted by molar-refractivity contribution is 5.66. The molecular formula is C18H23N3O3. The molecule has 2 aromatic rings. The fraction of sp³-hybridized carbons (Fsp3) is 0.444. The van der Waals surface area contributed by atoms with Crippen LogP contribution in [0.15, 0.2) is 24.4 Å². The molecule has 0 spiro atoms. The number of ether oxygens (including phenoxy) is 1. The lowest BCUT2D eigenvalue weighted by atomic mass is 10.1. The van der Waals surface area contributed by atoms with Crippen molar-refractivity contribution < 1.29 is 14.6 Å². The van der Waals surface area contributed by atoms with Gasteiger partial charge in [-0.15, -0.1) is 0 Å². The molecule has 2 heterocycles. The molecule has 0 bridgehead atoms. The summed E-state index contributed by atoms with van der Waals surface area (Å²) in [6, 6.07) is 5.58. The molecular weight excluding hydrogens is 306 g/mol. The van der Waals surface area contributed by atoms with E-state index in [9.17, 15) is 9.90 Å². The summed E-state index contributed by atoms with van der Waals surface area (Å²) in [5, 5.41) is 9.52. The van der Waals surface area contributed by atoms with Crippen LogP contribution in [0.3, 0.4) is 0 Å². The van der Waals surface area contributed by atoms with Crippen LogP contribution in [0, 0.1) is 13.8 Å². The van der Waals surface area contributed by atoms with Crippen molar-refractivity contribution in [2.45, 2.75) is 39.8 Å². The number of hydrogen-bond donors (Lipinski definition) is 1. The summed E-state index contributed by atoms with van der Waals surface area (Å²) in [7, 11) is 0. The van der Waals surface area contributed by atoms with Crippen LogP contribution in [0.1, 0.15) is 35.6 Å². The first kappa shape index (κ1) is 16.4. The third-order valence-corrected chi connectivity index (χ3v) is 4.70. The van der Waals surface area contributed by atoms with Crippen LogP contribution < -0.4 is 4.74 Å². The highest BCUT2D eigenvalue weighted by atomic mass is 16.5. The summed E-state index contributed by atoms with van der Waals surface area (Å²) in [6.45, 7) is 7.52. The van der Waals surface area contributed by atoms with Crippen LogP contribution in [0.25, 0.3) is 0 Å². The van der Waals surface area contributed by atoms with E-state index in [1.54, 1.807) is 6.20 Å². The second kappa shape index (κ2) is 6.55. The van der Waals surface area contributed by atoms with Gasteiger partial charge in [-0.3, -0.25) is 4.90 Å². The minimum Gasteiger partial charge on any atom is -0.491 e. The van der Waals surface area contributed by atoms with Gasteiger partial charge in [-0.25, -0.2) is 9.78 Å². The molecule has 6 heteroatoms. The number of amides is 1. The highest BCUT2D eigenvalue weighted by Crippen LogP contribution is 2.28. The van der Waals surface area contributed by atoms with Crippen LogP contribution in [-0.2, 0) is 13.0 Å². The van der Waals surface area contributed by atoms with Gasteiger partial charge in [-0.05, 0) is 37.1 Å². The van der Waals surface area contributed by atoms with Crippen molar-refractivity contribution in [3.63, 3.8) is 0 Å². The first-order valence-corrected chi connectivity index (χ1v) is 8.25. The molecule has 1 aliphatic heterocycles. The van der Waals surface area contributed by atoms with Gasteiger partial charge in [0.25, 0.3) is 0 Å². The normalized spacial score (nSPS) is 16.8. The van der Waals surface area contributed by atoms with Gasteiger partial charge >= 0.3 is 6.09 Å². The summed E-state index contributed by atoms with van der Waals surface area (Å²) < 4.78 is 8.03. The maximum Gasteiger partial charge on any atom is 0.408 e. The Morgan fingerprint density at radius 3 is 2.79 bits per heavy atom. The lowest BCUT2D eigenvalue weighted by Gasteiger charge is -2.34. The van der Waals surface area contributed by atoms with Crippen molar-refractivity contribution >= 4 is 6.09 Å². The molecule has 128 valence electrons. The van der Waals surface area contributed by atoms with Crippen molar-refractivity contribution in [2.24, 2.45) is 0 Å². The summed E-state index contributed by atoms with van der Waals surface area (Å²) in [6.07, 6.45) is 1.69. The van der Waals surface area contributed by atoms with E-state index in [0.717, 1.165) is 29.3 Å². The van der Waals surface area contributed by atoms with E-state index in [0.29, 0.717) is 13.1 Å². The Labute approximate surface area is 141 Å². The Bertz CT molecular complexity index is 754. The number of carboxylic acid groups (broad SMARTS) is 1. The molecule has 1 amide bonds. The predicted molar refractivity (Wildman–Crippen MR) is 90.5 cm³/mol. The van der Waals surface area contributed by atoms with Gasteiger partial charge in [0.15, 0.2) is 0 Å². The Balaban J connectivity index is 1.84. The van der Waals surface area contributed by atoms with Crippen LogP contribution in [0.2, 0.25) is 0 Å². The van der Waals surface area contributed by atoms with E-state index < -0.39 is 6.09 Å². The topological polar surface area (TPSA) is 67.6 Å². The number of carbonyl (C=O) groups is 1. The van der Waals surface area contributed by atoms with Crippen LogP contribution in [-0.4, -0.2) is 38.8 Å². The van der Waals surface area contributed by atoms with E-state index in [1.165, 1.54) is 10.5 Å². The monoisotopic (exact) mass is 329 g/mol. The number of fused-ring (bicyclic) bond motifs is 1. The standard InChI is InChI=1S/C18H23N3O3/c1-4-17-19-10-15-16(21(18(22)23)8-7-20(15)17)11-24-14-6-5-12(2)13(3)9-14/h5-6,9-10,16H,4,7-8,11H2,1-3H3,(H,22,23). The maximum atomic E-state index is 11.6. The van der Waals surface area contributed by atoms with E-state index >= 15 is 0 Å². The molecule has 1 N–H and O–H groups in total. The van der Waals surface area contributed by atoms with Crippen molar-refractivity contribution in [3.05, 3.63) is 47.0 Å². The molecule has 0 saturated heterocycles. The van der Waals surface area contributed by atoms with Gasteiger partial charge in [-0.1, -0.05) is 13.0 Å². The molecule has 0 fully saturated rings. The zero-order valence-electron chi connectivity index (χ0n) is 14.3. The first-order chi connectivity index (χ1) is 11.5. The zero-order chi connectivity index (χ0) is 17.3. The summed E-state index contributed by atoms with van der Waals surface area (Å²) in [5.74, 6) is 1.75. The fourth-order valence-electron chi connectivity index (χ4n) is 3.14. The molecule has 1 unspecified atom stereocenters. The summed E-state index contributed by atoms with van der Waals surface area (Å²) in [5.41, 5.74) is 3.27. The van der Waals surface area contributed by atoms with Crippen LogP contribution >= 0.6 is 0 Å².